The molecule has 1 N–H and O–H groups in total. The van der Waals surface area contributed by atoms with Crippen LogP contribution >= 0.6 is 0 Å². The molecule has 0 unspecified atom stereocenters. The lowest BCUT2D eigenvalue weighted by Gasteiger charge is -2.07. The second-order valence-electron chi connectivity index (χ2n) is 3.39. The quantitative estimate of drug-likeness (QED) is 0.784. The van der Waals surface area contributed by atoms with Crippen LogP contribution in [-0.4, -0.2) is 21.8 Å². The van der Waals surface area contributed by atoms with Crippen molar-refractivity contribution in [2.75, 3.05) is 13.4 Å². The predicted octanol–water partition coefficient (Wildman–Crippen LogP) is 1.05. The number of nitrogens with one attached hydrogen (secondary N) is 1. The summed E-state index contributed by atoms with van der Waals surface area (Å²) in [5.74, 6) is 0. The van der Waals surface area contributed by atoms with Gasteiger partial charge in [0.15, 0.2) is 9.84 Å². The van der Waals surface area contributed by atoms with E-state index in [4.69, 9.17) is 4.84 Å². The minimum Gasteiger partial charge on any atom is -0.305 e. The number of hydroxylamine groups is 1. The standard InChI is InChI=1S/C10H15NO3S/c1-8-6-10(15(3,12)13)5-4-9(8)7-11-14-2/h4-6,11H,7H2,1-3H3. The summed E-state index contributed by atoms with van der Waals surface area (Å²) in [6.45, 7) is 2.44. The van der Waals surface area contributed by atoms with Gasteiger partial charge >= 0.3 is 0 Å². The molecule has 0 aliphatic rings. The zero-order chi connectivity index (χ0) is 11.5. The number of sulfone groups is 1. The molecule has 0 amide bonds. The van der Waals surface area contributed by atoms with Gasteiger partial charge in [-0.05, 0) is 30.2 Å². The van der Waals surface area contributed by atoms with Gasteiger partial charge in [-0.25, -0.2) is 8.42 Å². The fourth-order valence-electron chi connectivity index (χ4n) is 1.25. The molecule has 1 aromatic carbocycles. The van der Waals surface area contributed by atoms with Crippen LogP contribution in [0.3, 0.4) is 0 Å². The topological polar surface area (TPSA) is 55.4 Å². The van der Waals surface area contributed by atoms with Gasteiger partial charge in [-0.1, -0.05) is 6.07 Å². The Kier molecular flexibility index (Phi) is 3.84. The van der Waals surface area contributed by atoms with Crippen LogP contribution in [0, 0.1) is 6.92 Å². The summed E-state index contributed by atoms with van der Waals surface area (Å²) in [5.41, 5.74) is 4.66. The van der Waals surface area contributed by atoms with Crippen molar-refractivity contribution in [1.82, 2.24) is 5.48 Å². The molecule has 0 atom stereocenters. The molecule has 0 saturated carbocycles. The molecular formula is C10H15NO3S. The Hall–Kier alpha value is -0.910. The van der Waals surface area contributed by atoms with Gasteiger partial charge in [-0.2, -0.15) is 5.48 Å². The fraction of sp³-hybridized carbons (Fsp3) is 0.400. The maximum absolute atomic E-state index is 11.3. The van der Waals surface area contributed by atoms with Gasteiger partial charge in [0, 0.05) is 12.8 Å². The Morgan fingerprint density at radius 3 is 2.53 bits per heavy atom. The van der Waals surface area contributed by atoms with Crippen LogP contribution < -0.4 is 5.48 Å². The number of rotatable bonds is 4. The van der Waals surface area contributed by atoms with E-state index in [1.54, 1.807) is 25.3 Å². The SMILES string of the molecule is CONCc1ccc(S(C)(=O)=O)cc1C. The van der Waals surface area contributed by atoms with Gasteiger partial charge in [0.25, 0.3) is 0 Å². The van der Waals surface area contributed by atoms with Crippen LogP contribution in [0.15, 0.2) is 23.1 Å². The summed E-state index contributed by atoms with van der Waals surface area (Å²) in [6.07, 6.45) is 1.20. The Bertz CT molecular complexity index is 440. The monoisotopic (exact) mass is 229 g/mol. The van der Waals surface area contributed by atoms with E-state index in [0.717, 1.165) is 11.1 Å². The molecule has 0 spiro atoms. The number of hydrogen-bond donors (Lipinski definition) is 1. The van der Waals surface area contributed by atoms with E-state index in [-0.39, 0.29) is 0 Å². The lowest BCUT2D eigenvalue weighted by molar-refractivity contribution is 0.0866. The van der Waals surface area contributed by atoms with Crippen molar-refractivity contribution in [3.63, 3.8) is 0 Å². The number of aryl methyl sites for hydroxylation is 1. The molecule has 84 valence electrons. The summed E-state index contributed by atoms with van der Waals surface area (Å²) >= 11 is 0. The fourth-order valence-corrected chi connectivity index (χ4v) is 1.95. The second-order valence-corrected chi connectivity index (χ2v) is 5.40. The molecule has 5 heteroatoms. The summed E-state index contributed by atoms with van der Waals surface area (Å²) in [5, 5.41) is 0. The first-order valence-electron chi connectivity index (χ1n) is 4.50. The highest BCUT2D eigenvalue weighted by Crippen LogP contribution is 2.15. The molecule has 15 heavy (non-hydrogen) atoms. The molecule has 0 fully saturated rings. The highest BCUT2D eigenvalue weighted by atomic mass is 32.2. The lowest BCUT2D eigenvalue weighted by Crippen LogP contribution is -2.12. The van der Waals surface area contributed by atoms with Crippen molar-refractivity contribution in [2.24, 2.45) is 0 Å². The van der Waals surface area contributed by atoms with Crippen molar-refractivity contribution >= 4 is 9.84 Å². The maximum Gasteiger partial charge on any atom is 0.175 e. The number of benzene rings is 1. The third-order valence-corrected chi connectivity index (χ3v) is 3.26. The van der Waals surface area contributed by atoms with Crippen LogP contribution in [0.2, 0.25) is 0 Å². The van der Waals surface area contributed by atoms with Gasteiger partial charge in [0.05, 0.1) is 12.0 Å². The number of hydrogen-bond acceptors (Lipinski definition) is 4. The molecule has 0 saturated heterocycles. The maximum atomic E-state index is 11.3. The van der Waals surface area contributed by atoms with Gasteiger partial charge in [0.2, 0.25) is 0 Å². The molecule has 0 bridgehead atoms. The van der Waals surface area contributed by atoms with Crippen LogP contribution in [0.1, 0.15) is 11.1 Å². The van der Waals surface area contributed by atoms with Gasteiger partial charge in [-0.15, -0.1) is 0 Å². The van der Waals surface area contributed by atoms with E-state index >= 15 is 0 Å². The molecule has 0 heterocycles. The van der Waals surface area contributed by atoms with Crippen LogP contribution in [0.25, 0.3) is 0 Å². The largest absolute Gasteiger partial charge is 0.305 e. The van der Waals surface area contributed by atoms with Crippen molar-refractivity contribution in [3.05, 3.63) is 29.3 Å². The minimum absolute atomic E-state index is 0.348. The molecule has 0 aliphatic heterocycles. The molecule has 1 aromatic rings. The highest BCUT2D eigenvalue weighted by molar-refractivity contribution is 7.90. The van der Waals surface area contributed by atoms with Crippen LogP contribution in [-0.2, 0) is 21.2 Å². The van der Waals surface area contributed by atoms with E-state index < -0.39 is 9.84 Å². The first kappa shape index (κ1) is 12.2. The Morgan fingerprint density at radius 2 is 2.07 bits per heavy atom. The highest BCUT2D eigenvalue weighted by Gasteiger charge is 2.08. The Labute approximate surface area is 90.1 Å². The summed E-state index contributed by atoms with van der Waals surface area (Å²) in [6, 6.07) is 5.06. The van der Waals surface area contributed by atoms with E-state index in [9.17, 15) is 8.42 Å². The average Bonchev–Trinajstić information content (AvgIpc) is 2.14. The molecule has 0 aromatic heterocycles. The van der Waals surface area contributed by atoms with Crippen molar-refractivity contribution in [1.29, 1.82) is 0 Å². The molecule has 4 nitrogen and oxygen atoms in total. The predicted molar refractivity (Wildman–Crippen MR) is 58.1 cm³/mol. The molecule has 1 rings (SSSR count). The molecular weight excluding hydrogens is 214 g/mol. The van der Waals surface area contributed by atoms with E-state index in [2.05, 4.69) is 5.48 Å². The smallest absolute Gasteiger partial charge is 0.175 e. The summed E-state index contributed by atoms with van der Waals surface area (Å²) < 4.78 is 22.5. The minimum atomic E-state index is -3.11. The molecule has 0 radical (unpaired) electrons. The van der Waals surface area contributed by atoms with Crippen LogP contribution in [0.5, 0.6) is 0 Å². The third kappa shape index (κ3) is 3.30. The average molecular weight is 229 g/mol. The summed E-state index contributed by atoms with van der Waals surface area (Å²) in [7, 11) is -1.57. The first-order chi connectivity index (χ1) is 6.95. The van der Waals surface area contributed by atoms with E-state index in [0.29, 0.717) is 11.4 Å². The Morgan fingerprint density at radius 1 is 1.40 bits per heavy atom. The zero-order valence-corrected chi connectivity index (χ0v) is 9.89. The first-order valence-corrected chi connectivity index (χ1v) is 6.39. The van der Waals surface area contributed by atoms with Gasteiger partial charge in [-0.3, -0.25) is 0 Å². The van der Waals surface area contributed by atoms with E-state index in [1.165, 1.54) is 6.26 Å². The lowest BCUT2D eigenvalue weighted by atomic mass is 10.1. The van der Waals surface area contributed by atoms with Crippen molar-refractivity contribution in [3.8, 4) is 0 Å². The van der Waals surface area contributed by atoms with Gasteiger partial charge in [0.1, 0.15) is 0 Å². The normalized spacial score (nSPS) is 11.7. The summed E-state index contributed by atoms with van der Waals surface area (Å²) in [4.78, 5) is 5.08. The van der Waals surface area contributed by atoms with Gasteiger partial charge < -0.3 is 4.84 Å². The Balaban J connectivity index is 2.99. The van der Waals surface area contributed by atoms with Crippen molar-refractivity contribution in [2.45, 2.75) is 18.4 Å². The van der Waals surface area contributed by atoms with Crippen molar-refractivity contribution < 1.29 is 13.3 Å². The van der Waals surface area contributed by atoms with Crippen LogP contribution in [0.4, 0.5) is 0 Å². The third-order valence-electron chi connectivity index (χ3n) is 2.15. The zero-order valence-electron chi connectivity index (χ0n) is 9.07. The van der Waals surface area contributed by atoms with E-state index in [1.807, 2.05) is 6.92 Å². The molecule has 0 aliphatic carbocycles. The second kappa shape index (κ2) is 4.74.